The lowest BCUT2D eigenvalue weighted by molar-refractivity contribution is -0.157. The van der Waals surface area contributed by atoms with E-state index in [1.807, 2.05) is 36.4 Å². The molecule has 0 bridgehead atoms. The summed E-state index contributed by atoms with van der Waals surface area (Å²) in [5.41, 5.74) is 2.12. The number of amides is 2. The number of ether oxygens (including phenoxy) is 1. The van der Waals surface area contributed by atoms with E-state index in [4.69, 9.17) is 10.00 Å². The van der Waals surface area contributed by atoms with E-state index in [1.54, 1.807) is 29.2 Å². The molecule has 30 heavy (non-hydrogen) atoms. The first-order valence-corrected chi connectivity index (χ1v) is 9.79. The Morgan fingerprint density at radius 2 is 1.90 bits per heavy atom. The molecule has 154 valence electrons. The second kappa shape index (κ2) is 9.70. The fraction of sp³-hybridized carbons (Fsp3) is 0.304. The number of esters is 1. The first-order chi connectivity index (χ1) is 14.5. The third-order valence-electron chi connectivity index (χ3n) is 5.00. The molecule has 1 fully saturated rings. The Morgan fingerprint density at radius 1 is 1.20 bits per heavy atom. The van der Waals surface area contributed by atoms with Crippen molar-refractivity contribution in [2.45, 2.75) is 25.9 Å². The van der Waals surface area contributed by atoms with Crippen molar-refractivity contribution in [3.05, 3.63) is 65.7 Å². The van der Waals surface area contributed by atoms with Gasteiger partial charge in [0.15, 0.2) is 6.10 Å². The molecule has 2 aromatic rings. The van der Waals surface area contributed by atoms with Crippen LogP contribution in [0.5, 0.6) is 0 Å². The van der Waals surface area contributed by atoms with E-state index in [1.165, 1.54) is 6.92 Å². The van der Waals surface area contributed by atoms with Gasteiger partial charge in [-0.15, -0.1) is 0 Å². The molecule has 1 saturated heterocycles. The maximum absolute atomic E-state index is 12.4. The Morgan fingerprint density at radius 3 is 2.57 bits per heavy atom. The van der Waals surface area contributed by atoms with Crippen molar-refractivity contribution < 1.29 is 19.1 Å². The maximum Gasteiger partial charge on any atom is 0.312 e. The number of likely N-dealkylation sites (tertiary alicyclic amines) is 1. The molecule has 1 aliphatic rings. The smallest absolute Gasteiger partial charge is 0.312 e. The molecule has 2 atom stereocenters. The summed E-state index contributed by atoms with van der Waals surface area (Å²) in [6.45, 7) is 2.33. The van der Waals surface area contributed by atoms with Crippen molar-refractivity contribution in [3.63, 3.8) is 0 Å². The van der Waals surface area contributed by atoms with Crippen LogP contribution in [-0.4, -0.2) is 41.9 Å². The van der Waals surface area contributed by atoms with Gasteiger partial charge in [-0.25, -0.2) is 0 Å². The number of nitrogens with one attached hydrogen (secondary N) is 1. The van der Waals surface area contributed by atoms with E-state index in [-0.39, 0.29) is 12.3 Å². The van der Waals surface area contributed by atoms with Gasteiger partial charge in [0.2, 0.25) is 5.91 Å². The summed E-state index contributed by atoms with van der Waals surface area (Å²) in [7, 11) is 0. The van der Waals surface area contributed by atoms with Crippen molar-refractivity contribution in [1.82, 2.24) is 4.90 Å². The van der Waals surface area contributed by atoms with Gasteiger partial charge in [0.05, 0.1) is 17.6 Å². The summed E-state index contributed by atoms with van der Waals surface area (Å²) in [6, 6.07) is 18.2. The summed E-state index contributed by atoms with van der Waals surface area (Å²) in [4.78, 5) is 38.6. The minimum Gasteiger partial charge on any atom is -0.452 e. The quantitative estimate of drug-likeness (QED) is 0.714. The number of carbonyl (C=O) groups is 3. The van der Waals surface area contributed by atoms with Crippen LogP contribution in [-0.2, 0) is 25.5 Å². The molecule has 1 aliphatic heterocycles. The van der Waals surface area contributed by atoms with E-state index in [0.29, 0.717) is 24.3 Å². The monoisotopic (exact) mass is 405 g/mol. The van der Waals surface area contributed by atoms with Gasteiger partial charge in [-0.05, 0) is 43.2 Å². The van der Waals surface area contributed by atoms with Crippen LogP contribution >= 0.6 is 0 Å². The van der Waals surface area contributed by atoms with Gasteiger partial charge < -0.3 is 15.0 Å². The molecular weight excluding hydrogens is 382 g/mol. The highest BCUT2D eigenvalue weighted by atomic mass is 16.5. The van der Waals surface area contributed by atoms with Crippen molar-refractivity contribution in [2.24, 2.45) is 5.92 Å². The number of anilines is 1. The van der Waals surface area contributed by atoms with Gasteiger partial charge >= 0.3 is 5.97 Å². The largest absolute Gasteiger partial charge is 0.452 e. The van der Waals surface area contributed by atoms with Crippen LogP contribution in [0.1, 0.15) is 24.5 Å². The zero-order valence-corrected chi connectivity index (χ0v) is 16.7. The highest BCUT2D eigenvalue weighted by Crippen LogP contribution is 2.20. The van der Waals surface area contributed by atoms with E-state index in [2.05, 4.69) is 5.32 Å². The molecule has 0 aromatic heterocycles. The van der Waals surface area contributed by atoms with Crippen LogP contribution in [0.15, 0.2) is 54.6 Å². The second-order valence-corrected chi connectivity index (χ2v) is 7.23. The van der Waals surface area contributed by atoms with Crippen LogP contribution < -0.4 is 5.32 Å². The van der Waals surface area contributed by atoms with E-state index in [0.717, 1.165) is 12.0 Å². The van der Waals surface area contributed by atoms with Crippen molar-refractivity contribution >= 4 is 23.5 Å². The lowest BCUT2D eigenvalue weighted by Gasteiger charge is -2.18. The number of nitriles is 1. The van der Waals surface area contributed by atoms with Crippen molar-refractivity contribution in [3.8, 4) is 6.07 Å². The highest BCUT2D eigenvalue weighted by Gasteiger charge is 2.36. The minimum absolute atomic E-state index is 0.0810. The number of rotatable bonds is 7. The van der Waals surface area contributed by atoms with E-state index < -0.39 is 23.9 Å². The van der Waals surface area contributed by atoms with Crippen LogP contribution in [0.3, 0.4) is 0 Å². The fourth-order valence-corrected chi connectivity index (χ4v) is 3.25. The van der Waals surface area contributed by atoms with Gasteiger partial charge in [-0.3, -0.25) is 14.4 Å². The molecule has 0 aliphatic carbocycles. The number of hydrogen-bond donors (Lipinski definition) is 1. The second-order valence-electron chi connectivity index (χ2n) is 7.23. The Labute approximate surface area is 175 Å². The molecule has 3 rings (SSSR count). The van der Waals surface area contributed by atoms with Crippen LogP contribution in [0.2, 0.25) is 0 Å². The fourth-order valence-electron chi connectivity index (χ4n) is 3.25. The predicted molar refractivity (Wildman–Crippen MR) is 110 cm³/mol. The molecule has 7 heteroatoms. The minimum atomic E-state index is -0.999. The lowest BCUT2D eigenvalue weighted by Crippen LogP contribution is -2.33. The molecular formula is C23H23N3O4. The third kappa shape index (κ3) is 5.45. The van der Waals surface area contributed by atoms with Gasteiger partial charge in [0.1, 0.15) is 0 Å². The molecule has 0 radical (unpaired) electrons. The zero-order valence-electron chi connectivity index (χ0n) is 16.7. The van der Waals surface area contributed by atoms with Crippen molar-refractivity contribution in [1.29, 1.82) is 5.26 Å². The van der Waals surface area contributed by atoms with Crippen LogP contribution in [0, 0.1) is 17.2 Å². The predicted octanol–water partition coefficient (Wildman–Crippen LogP) is 2.52. The Bertz CT molecular complexity index is 951. The SMILES string of the molecule is C[C@@H](OC(=O)[C@H]1CC(=O)N(CCc2ccccc2)C1)C(=O)Nc1ccc(C#N)cc1. The maximum atomic E-state index is 12.4. The molecule has 0 unspecified atom stereocenters. The summed E-state index contributed by atoms with van der Waals surface area (Å²) < 4.78 is 5.29. The molecule has 2 aromatic carbocycles. The molecule has 0 spiro atoms. The summed E-state index contributed by atoms with van der Waals surface area (Å²) in [6.07, 6.45) is -0.184. The molecule has 2 amide bonds. The normalized spacial score (nSPS) is 16.6. The average molecular weight is 405 g/mol. The number of nitrogens with zero attached hydrogens (tertiary/aromatic N) is 2. The van der Waals surface area contributed by atoms with Crippen LogP contribution in [0.4, 0.5) is 5.69 Å². The van der Waals surface area contributed by atoms with Crippen LogP contribution in [0.25, 0.3) is 0 Å². The summed E-state index contributed by atoms with van der Waals surface area (Å²) in [5, 5.41) is 11.5. The first kappa shape index (κ1) is 21.1. The molecule has 7 nitrogen and oxygen atoms in total. The Balaban J connectivity index is 1.48. The zero-order chi connectivity index (χ0) is 21.5. The Kier molecular flexibility index (Phi) is 6.81. The van der Waals surface area contributed by atoms with E-state index >= 15 is 0 Å². The van der Waals surface area contributed by atoms with E-state index in [9.17, 15) is 14.4 Å². The Hall–Kier alpha value is -3.66. The molecule has 1 N–H and O–H groups in total. The number of carbonyl (C=O) groups excluding carboxylic acids is 3. The third-order valence-corrected chi connectivity index (χ3v) is 5.00. The molecule has 1 heterocycles. The summed E-state index contributed by atoms with van der Waals surface area (Å²) >= 11 is 0. The number of benzene rings is 2. The van der Waals surface area contributed by atoms with Gasteiger partial charge in [0, 0.05) is 25.2 Å². The lowest BCUT2D eigenvalue weighted by atomic mass is 10.1. The van der Waals surface area contributed by atoms with Gasteiger partial charge in [0.25, 0.3) is 5.91 Å². The summed E-state index contributed by atoms with van der Waals surface area (Å²) in [5.74, 6) is -1.67. The first-order valence-electron chi connectivity index (χ1n) is 9.79. The van der Waals surface area contributed by atoms with Crippen molar-refractivity contribution in [2.75, 3.05) is 18.4 Å². The highest BCUT2D eigenvalue weighted by molar-refractivity contribution is 5.95. The molecule has 0 saturated carbocycles. The van der Waals surface area contributed by atoms with Gasteiger partial charge in [-0.1, -0.05) is 30.3 Å². The topological polar surface area (TPSA) is 99.5 Å². The average Bonchev–Trinajstić information content (AvgIpc) is 3.14. The number of hydrogen-bond acceptors (Lipinski definition) is 5. The standard InChI is InChI=1S/C23H23N3O4/c1-16(22(28)25-20-9-7-18(14-24)8-10-20)30-23(29)19-13-21(27)26(15-19)12-11-17-5-3-2-4-6-17/h2-10,16,19H,11-13,15H2,1H3,(H,25,28)/t16-,19+/m1/s1. The van der Waals surface area contributed by atoms with Gasteiger partial charge in [-0.2, -0.15) is 5.26 Å².